The summed E-state index contributed by atoms with van der Waals surface area (Å²) in [4.78, 5) is 141. The highest BCUT2D eigenvalue weighted by Gasteiger charge is 2.52. The van der Waals surface area contributed by atoms with Crippen LogP contribution in [0.2, 0.25) is 0 Å². The average molecular weight is 1840 g/mol. The van der Waals surface area contributed by atoms with Crippen LogP contribution in [0.3, 0.4) is 0 Å². The Morgan fingerprint density at radius 2 is 0.829 bits per heavy atom. The second-order valence-corrected chi connectivity index (χ2v) is 34.7. The summed E-state index contributed by atoms with van der Waals surface area (Å²) < 4.78 is 60.3. The van der Waals surface area contributed by atoms with Crippen molar-refractivity contribution in [1.29, 1.82) is 0 Å². The van der Waals surface area contributed by atoms with E-state index in [9.17, 15) is 104 Å². The van der Waals surface area contributed by atoms with Gasteiger partial charge in [0.25, 0.3) is 0 Å². The van der Waals surface area contributed by atoms with E-state index in [-0.39, 0.29) is 190 Å². The molecule has 4 fully saturated rings. The largest absolute Gasteiger partial charge is 0.449 e. The number of aromatic nitrogens is 3. The van der Waals surface area contributed by atoms with E-state index in [1.54, 1.807) is 0 Å². The summed E-state index contributed by atoms with van der Waals surface area (Å²) in [5.74, 6) is -1.41. The summed E-state index contributed by atoms with van der Waals surface area (Å²) in [6.45, 7) is 5.11. The predicted molar refractivity (Wildman–Crippen MR) is 460 cm³/mol. The Balaban J connectivity index is 1.01. The van der Waals surface area contributed by atoms with Crippen LogP contribution in [0.25, 0.3) is 0 Å². The van der Waals surface area contributed by atoms with Gasteiger partial charge in [-0.3, -0.25) is 47.9 Å². The molecule has 1 aromatic heterocycles. The van der Waals surface area contributed by atoms with Gasteiger partial charge in [0.05, 0.1) is 77.5 Å². The first-order valence-electron chi connectivity index (χ1n) is 46.6. The molecule has 3 aliphatic heterocycles. The summed E-state index contributed by atoms with van der Waals surface area (Å²) in [5.41, 5.74) is 0.411. The highest BCUT2D eigenvalue weighted by molar-refractivity contribution is 5.80. The quantitative estimate of drug-likeness (QED) is 0.0381. The molecule has 4 unspecified atom stereocenters. The van der Waals surface area contributed by atoms with Crippen LogP contribution in [-0.4, -0.2) is 340 Å². The number of ketones is 4. The van der Waals surface area contributed by atoms with E-state index in [4.69, 9.17) is 47.4 Å². The molecule has 0 spiro atoms. The van der Waals surface area contributed by atoms with E-state index in [1.807, 2.05) is 11.6 Å². The topological polar surface area (TPSA) is 597 Å². The number of aliphatic hydroxyl groups excluding tert-OH is 10. The van der Waals surface area contributed by atoms with E-state index >= 15 is 0 Å². The Hall–Kier alpha value is -6.85. The molecule has 738 valence electrons. The zero-order valence-electron chi connectivity index (χ0n) is 75.9. The van der Waals surface area contributed by atoms with Crippen LogP contribution >= 0.6 is 0 Å². The SMILES string of the molecule is CCC(CO)CCCCNC(=O)OC[C@@H]1[C@@H]2CCc3nnn(CCCC(=O)NC(COCCC(=O)CCCCCC(=O)CCCCO[C@H]4O[C@@H](CO)[C@@H](O)[C@@H](O)C4NC(C)=O)(COCCC(=O)NCCCCC(=O)CCCCO[C@H]4O[C@@H](CO)[C@@H](O)[C@@H](O)C4NC(C)=O)COCCC(=O)NCCCCC(=O)CCCCO[C@H]4O[C@@H](CO)[C@@H](O)[C@@H](O)[C@@H]4NC(C)=O)c3CC[C@@H]21. The zero-order chi connectivity index (χ0) is 94.1. The molecule has 7 amide bonds. The predicted octanol–water partition coefficient (Wildman–Crippen LogP) is -0.0189. The number of carbonyl (C=O) groups is 11. The highest BCUT2D eigenvalue weighted by atomic mass is 16.7. The van der Waals surface area contributed by atoms with E-state index < -0.39 is 147 Å². The van der Waals surface area contributed by atoms with Crippen LogP contribution in [0, 0.1) is 23.7 Å². The third kappa shape index (κ3) is 41.3. The number of amides is 7. The van der Waals surface area contributed by atoms with Crippen molar-refractivity contribution in [2.75, 3.05) is 112 Å². The number of aliphatic hydroxyl groups is 10. The van der Waals surface area contributed by atoms with Gasteiger partial charge in [-0.1, -0.05) is 31.4 Å². The lowest BCUT2D eigenvalue weighted by Crippen LogP contribution is -2.64. The number of unbranched alkanes of at least 4 members (excludes halogenated alkanes) is 8. The maximum atomic E-state index is 14.4. The van der Waals surface area contributed by atoms with E-state index in [0.717, 1.165) is 49.9 Å². The summed E-state index contributed by atoms with van der Waals surface area (Å²) >= 11 is 0. The van der Waals surface area contributed by atoms with Gasteiger partial charge in [0.1, 0.15) is 102 Å². The monoisotopic (exact) mass is 1840 g/mol. The van der Waals surface area contributed by atoms with Crippen LogP contribution < -0.4 is 37.2 Å². The zero-order valence-corrected chi connectivity index (χ0v) is 75.9. The van der Waals surface area contributed by atoms with Crippen molar-refractivity contribution < 1.29 is 151 Å². The number of alkyl carbamates (subject to hydrolysis) is 1. The lowest BCUT2D eigenvalue weighted by atomic mass is 9.97. The Labute approximate surface area is 755 Å². The Morgan fingerprint density at radius 3 is 1.24 bits per heavy atom. The number of ether oxygens (including phenoxy) is 10. The summed E-state index contributed by atoms with van der Waals surface area (Å²) in [7, 11) is 0. The van der Waals surface area contributed by atoms with Crippen molar-refractivity contribution >= 4 is 64.7 Å². The number of hydrogen-bond donors (Lipinski definition) is 17. The molecule has 2 aliphatic carbocycles. The minimum absolute atomic E-state index is 0.00260. The first-order valence-corrected chi connectivity index (χ1v) is 46.6. The normalized spacial score (nSPS) is 25.5. The van der Waals surface area contributed by atoms with Crippen molar-refractivity contribution in [3.05, 3.63) is 11.4 Å². The van der Waals surface area contributed by atoms with Gasteiger partial charge in [-0.15, -0.1) is 5.10 Å². The molecule has 4 heterocycles. The van der Waals surface area contributed by atoms with Gasteiger partial charge in [0, 0.05) is 144 Å². The third-order valence-corrected chi connectivity index (χ3v) is 24.2. The molecule has 129 heavy (non-hydrogen) atoms. The molecule has 41 nitrogen and oxygen atoms in total. The number of carbonyl (C=O) groups excluding carboxylic acids is 11. The second kappa shape index (κ2) is 61.9. The first-order chi connectivity index (χ1) is 62.0. The lowest BCUT2D eigenvalue weighted by molar-refractivity contribution is -0.270. The molecule has 0 aromatic carbocycles. The molecule has 6 rings (SSSR count). The molecule has 5 aliphatic rings. The molecular weight excluding hydrogens is 1690 g/mol. The van der Waals surface area contributed by atoms with Gasteiger partial charge in [-0.25, -0.2) is 9.48 Å². The fraction of sp³-hybridized carbons (Fsp3) is 0.852. The molecule has 41 heteroatoms. The average Bonchev–Trinajstić information content (AvgIpc) is 1.63. The Kier molecular flexibility index (Phi) is 53.2. The maximum absolute atomic E-state index is 14.4. The number of nitrogens with zero attached hydrogens (tertiary/aromatic N) is 3. The molecule has 1 aromatic rings. The number of aryl methyl sites for hydroxylation is 2. The third-order valence-electron chi connectivity index (χ3n) is 24.2. The second-order valence-electron chi connectivity index (χ2n) is 34.7. The van der Waals surface area contributed by atoms with Gasteiger partial charge in [-0.2, -0.15) is 0 Å². The molecule has 0 radical (unpaired) electrons. The summed E-state index contributed by atoms with van der Waals surface area (Å²) in [6.07, 6.45) is -1.20. The van der Waals surface area contributed by atoms with E-state index in [0.29, 0.717) is 141 Å². The number of hydrogen-bond acceptors (Lipinski definition) is 33. The van der Waals surface area contributed by atoms with Crippen molar-refractivity contribution in [2.24, 2.45) is 23.7 Å². The molecule has 20 atom stereocenters. The molecular formula is C88H150N10O31. The highest BCUT2D eigenvalue weighted by Crippen LogP contribution is 2.53. The smallest absolute Gasteiger partial charge is 0.407 e. The molecule has 17 N–H and O–H groups in total. The number of Topliss-reactive ketones (excluding diaryl/α,β-unsaturated/α-hetero) is 4. The number of rotatable bonds is 69. The summed E-state index contributed by atoms with van der Waals surface area (Å²) in [6, 6.07) is -3.26. The number of fused-ring (bicyclic) bond motifs is 2. The van der Waals surface area contributed by atoms with Crippen LogP contribution in [0.15, 0.2) is 0 Å². The minimum Gasteiger partial charge on any atom is -0.449 e. The number of nitrogens with one attached hydrogen (secondary N) is 7. The fourth-order valence-corrected chi connectivity index (χ4v) is 16.5. The van der Waals surface area contributed by atoms with Gasteiger partial charge in [0.15, 0.2) is 18.9 Å². The van der Waals surface area contributed by atoms with Gasteiger partial charge in [-0.05, 0) is 146 Å². The first kappa shape index (κ1) is 111. The molecule has 0 bridgehead atoms. The minimum atomic E-state index is -1.46. The van der Waals surface area contributed by atoms with Crippen molar-refractivity contribution in [1.82, 2.24) is 52.2 Å². The Bertz CT molecular complexity index is 3250. The maximum Gasteiger partial charge on any atom is 0.407 e. The van der Waals surface area contributed by atoms with Crippen LogP contribution in [0.1, 0.15) is 238 Å². The van der Waals surface area contributed by atoms with E-state index in [2.05, 4.69) is 47.5 Å². The van der Waals surface area contributed by atoms with Crippen molar-refractivity contribution in [2.45, 2.75) is 344 Å². The van der Waals surface area contributed by atoms with Gasteiger partial charge < -0.3 is 136 Å². The van der Waals surface area contributed by atoms with E-state index in [1.165, 1.54) is 20.8 Å². The van der Waals surface area contributed by atoms with Crippen molar-refractivity contribution in [3.63, 3.8) is 0 Å². The van der Waals surface area contributed by atoms with Crippen LogP contribution in [0.5, 0.6) is 0 Å². The van der Waals surface area contributed by atoms with Gasteiger partial charge >= 0.3 is 6.09 Å². The fourth-order valence-electron chi connectivity index (χ4n) is 16.5. The van der Waals surface area contributed by atoms with Crippen LogP contribution in [-0.2, 0) is 115 Å². The molecule has 3 saturated heterocycles. The van der Waals surface area contributed by atoms with Gasteiger partial charge in [0.2, 0.25) is 35.4 Å². The standard InChI is InChI=1S/C88H150N10O31/c1-5-59(48-99)22-9-15-40-91-87(119)126-52-66-64-31-33-67-68(34-32-65(64)66)98(97-96-67)41-21-30-74(112)95-88(53-120-45-35-63(109)24-8-6-7-23-60(106)27-12-18-42-123-84-75(92-56(2)103)81(116)78(113)69(49-100)127-84,54-121-46-36-72(110)89-38-16-10-25-61(107)28-13-19-43-124-85-76(93-57(3)104)82(117)79(114)70(50-101)128-85)55-122-47-37-73(111)90-39-17-11-26-62(108)29-14-20-44-125-86-77(94-58(4)105)83(118)80(115)71(51-102)129-86/h59,64-66,69-71,75-86,99-102,113-118H,5-55H2,1-4H3,(H,89,110)(H,90,111)(H,91,119)(H,92,103)(H,93,104)(H,94,105)(H,95,112)/t59?,64-,65+,66-,69+,70+,71+,75?,76+,77?,78-,79-,80-,81+,82+,83+,84+,85+,86+,88?/m1/s1. The van der Waals surface area contributed by atoms with Crippen molar-refractivity contribution in [3.8, 4) is 0 Å². The summed E-state index contributed by atoms with van der Waals surface area (Å²) in [5, 5.41) is 129. The van der Waals surface area contributed by atoms with Crippen LogP contribution in [0.4, 0.5) is 4.79 Å². The Morgan fingerprint density at radius 1 is 0.442 bits per heavy atom. The molecule has 1 saturated carbocycles. The lowest BCUT2D eigenvalue weighted by Gasteiger charge is -2.42.